The summed E-state index contributed by atoms with van der Waals surface area (Å²) in [5.74, 6) is -0.785. The SMILES string of the molecule is COc1cc(/C(=C(\CC(=O)O)C(=O)O)c2ccc3c(c2)OCO3)cc(OC)c1OC. The minimum atomic E-state index is -1.36. The molecule has 158 valence electrons. The van der Waals surface area contributed by atoms with E-state index in [0.29, 0.717) is 39.9 Å². The molecule has 0 unspecified atom stereocenters. The Morgan fingerprint density at radius 1 is 0.900 bits per heavy atom. The van der Waals surface area contributed by atoms with Crippen LogP contribution in [0.5, 0.6) is 28.7 Å². The van der Waals surface area contributed by atoms with Gasteiger partial charge in [-0.3, -0.25) is 4.79 Å². The van der Waals surface area contributed by atoms with Crippen molar-refractivity contribution in [2.75, 3.05) is 28.1 Å². The van der Waals surface area contributed by atoms with Crippen LogP contribution in [-0.4, -0.2) is 50.3 Å². The summed E-state index contributed by atoms with van der Waals surface area (Å²) in [5, 5.41) is 19.1. The van der Waals surface area contributed by atoms with Gasteiger partial charge in [-0.25, -0.2) is 4.79 Å². The third kappa shape index (κ3) is 3.95. The number of carboxylic acids is 2. The molecule has 0 bridgehead atoms. The zero-order valence-electron chi connectivity index (χ0n) is 16.6. The number of aliphatic carboxylic acids is 2. The summed E-state index contributed by atoms with van der Waals surface area (Å²) in [7, 11) is 4.31. The summed E-state index contributed by atoms with van der Waals surface area (Å²) in [4.78, 5) is 23.4. The first-order valence-corrected chi connectivity index (χ1v) is 8.78. The van der Waals surface area contributed by atoms with E-state index in [4.69, 9.17) is 23.7 Å². The molecule has 0 fully saturated rings. The van der Waals surface area contributed by atoms with Crippen LogP contribution in [-0.2, 0) is 9.59 Å². The van der Waals surface area contributed by atoms with Crippen LogP contribution in [0.4, 0.5) is 0 Å². The van der Waals surface area contributed by atoms with Gasteiger partial charge >= 0.3 is 11.9 Å². The molecule has 0 amide bonds. The minimum Gasteiger partial charge on any atom is -0.493 e. The molecule has 30 heavy (non-hydrogen) atoms. The van der Waals surface area contributed by atoms with Gasteiger partial charge in [-0.2, -0.15) is 0 Å². The Morgan fingerprint density at radius 2 is 1.53 bits per heavy atom. The Morgan fingerprint density at radius 3 is 2.07 bits per heavy atom. The first-order valence-electron chi connectivity index (χ1n) is 8.78. The van der Waals surface area contributed by atoms with Crippen molar-refractivity contribution in [2.24, 2.45) is 0 Å². The maximum Gasteiger partial charge on any atom is 0.332 e. The predicted octanol–water partition coefficient (Wildman–Crippen LogP) is 2.80. The van der Waals surface area contributed by atoms with Crippen molar-refractivity contribution in [2.45, 2.75) is 6.42 Å². The van der Waals surface area contributed by atoms with Gasteiger partial charge < -0.3 is 33.9 Å². The molecule has 2 aromatic carbocycles. The van der Waals surface area contributed by atoms with Gasteiger partial charge in [0.25, 0.3) is 0 Å². The Bertz CT molecular complexity index is 998. The maximum absolute atomic E-state index is 12.0. The molecule has 0 radical (unpaired) electrons. The van der Waals surface area contributed by atoms with Crippen molar-refractivity contribution in [1.29, 1.82) is 0 Å². The number of carbonyl (C=O) groups is 2. The summed E-state index contributed by atoms with van der Waals surface area (Å²) >= 11 is 0. The Labute approximate surface area is 172 Å². The van der Waals surface area contributed by atoms with Crippen LogP contribution < -0.4 is 23.7 Å². The number of fused-ring (bicyclic) bond motifs is 1. The predicted molar refractivity (Wildman–Crippen MR) is 105 cm³/mol. The molecular weight excluding hydrogens is 396 g/mol. The molecule has 1 aliphatic heterocycles. The van der Waals surface area contributed by atoms with Gasteiger partial charge in [0.1, 0.15) is 0 Å². The van der Waals surface area contributed by atoms with Crippen LogP contribution in [0.25, 0.3) is 5.57 Å². The van der Waals surface area contributed by atoms with Gasteiger partial charge in [0.15, 0.2) is 23.0 Å². The van der Waals surface area contributed by atoms with E-state index in [9.17, 15) is 19.8 Å². The summed E-state index contributed by atoms with van der Waals surface area (Å²) in [6, 6.07) is 8.00. The number of carboxylic acid groups (broad SMARTS) is 2. The lowest BCUT2D eigenvalue weighted by Gasteiger charge is -2.18. The molecular formula is C21H20O9. The number of methoxy groups -OCH3 is 3. The normalized spacial score (nSPS) is 12.8. The van der Waals surface area contributed by atoms with Crippen molar-refractivity contribution < 1.29 is 43.5 Å². The van der Waals surface area contributed by atoms with E-state index in [2.05, 4.69) is 0 Å². The number of ether oxygens (including phenoxy) is 5. The highest BCUT2D eigenvalue weighted by molar-refractivity contribution is 6.04. The van der Waals surface area contributed by atoms with Gasteiger partial charge in [-0.15, -0.1) is 0 Å². The fourth-order valence-corrected chi connectivity index (χ4v) is 3.21. The number of benzene rings is 2. The highest BCUT2D eigenvalue weighted by Crippen LogP contribution is 2.43. The van der Waals surface area contributed by atoms with Crippen LogP contribution in [0, 0.1) is 0 Å². The molecule has 0 spiro atoms. The highest BCUT2D eigenvalue weighted by Gasteiger charge is 2.25. The molecule has 1 aliphatic rings. The third-order valence-electron chi connectivity index (χ3n) is 4.50. The largest absolute Gasteiger partial charge is 0.493 e. The lowest BCUT2D eigenvalue weighted by atomic mass is 9.90. The zero-order chi connectivity index (χ0) is 21.8. The van der Waals surface area contributed by atoms with Crippen LogP contribution in [0.15, 0.2) is 35.9 Å². The van der Waals surface area contributed by atoms with Crippen molar-refractivity contribution in [3.8, 4) is 28.7 Å². The smallest absolute Gasteiger partial charge is 0.332 e. The van der Waals surface area contributed by atoms with Crippen molar-refractivity contribution in [3.63, 3.8) is 0 Å². The standard InChI is InChI=1S/C21H20O9/c1-26-16-7-12(8-17(27-2)20(16)28-3)19(13(21(24)25)9-18(22)23)11-4-5-14-15(6-11)30-10-29-14/h4-8H,9-10H2,1-3H3,(H,22,23)(H,24,25)/b19-13+. The molecule has 9 nitrogen and oxygen atoms in total. The lowest BCUT2D eigenvalue weighted by Crippen LogP contribution is -2.11. The monoisotopic (exact) mass is 416 g/mol. The summed E-state index contributed by atoms with van der Waals surface area (Å²) in [5.41, 5.74) is 0.687. The Balaban J connectivity index is 2.32. The van der Waals surface area contributed by atoms with Gasteiger partial charge in [-0.1, -0.05) is 6.07 Å². The molecule has 0 aromatic heterocycles. The first kappa shape index (κ1) is 20.8. The second-order valence-electron chi connectivity index (χ2n) is 6.21. The van der Waals surface area contributed by atoms with Crippen molar-refractivity contribution >= 4 is 17.5 Å². The van der Waals surface area contributed by atoms with Crippen molar-refractivity contribution in [3.05, 3.63) is 47.0 Å². The molecule has 0 aliphatic carbocycles. The van der Waals surface area contributed by atoms with Gasteiger partial charge in [0, 0.05) is 5.57 Å². The third-order valence-corrected chi connectivity index (χ3v) is 4.50. The minimum absolute atomic E-state index is 0.0446. The number of hydrogen-bond donors (Lipinski definition) is 2. The van der Waals surface area contributed by atoms with E-state index in [1.54, 1.807) is 30.3 Å². The summed E-state index contributed by atoms with van der Waals surface area (Å²) < 4.78 is 26.8. The highest BCUT2D eigenvalue weighted by atomic mass is 16.7. The Kier molecular flexibility index (Phi) is 6.01. The van der Waals surface area contributed by atoms with E-state index >= 15 is 0 Å². The van der Waals surface area contributed by atoms with Gasteiger partial charge in [0.05, 0.1) is 33.3 Å². The van der Waals surface area contributed by atoms with E-state index in [-0.39, 0.29) is 17.9 Å². The molecule has 9 heteroatoms. The quantitative estimate of drug-likeness (QED) is 0.626. The average Bonchev–Trinajstić information content (AvgIpc) is 3.20. The average molecular weight is 416 g/mol. The van der Waals surface area contributed by atoms with Crippen LogP contribution in [0.1, 0.15) is 17.5 Å². The molecule has 3 rings (SSSR count). The van der Waals surface area contributed by atoms with Crippen LogP contribution in [0.3, 0.4) is 0 Å². The van der Waals surface area contributed by atoms with Crippen LogP contribution >= 0.6 is 0 Å². The Hall–Kier alpha value is -3.88. The molecule has 0 atom stereocenters. The molecule has 2 aromatic rings. The number of rotatable bonds is 8. The zero-order valence-corrected chi connectivity index (χ0v) is 16.6. The van der Waals surface area contributed by atoms with Gasteiger partial charge in [0.2, 0.25) is 12.5 Å². The van der Waals surface area contributed by atoms with E-state index < -0.39 is 18.4 Å². The van der Waals surface area contributed by atoms with Gasteiger partial charge in [-0.05, 0) is 35.4 Å². The summed E-state index contributed by atoms with van der Waals surface area (Å²) in [6.07, 6.45) is -0.699. The topological polar surface area (TPSA) is 121 Å². The molecule has 2 N–H and O–H groups in total. The van der Waals surface area contributed by atoms with E-state index in [1.807, 2.05) is 0 Å². The lowest BCUT2D eigenvalue weighted by molar-refractivity contribution is -0.139. The van der Waals surface area contributed by atoms with Crippen molar-refractivity contribution in [1.82, 2.24) is 0 Å². The maximum atomic E-state index is 12.0. The summed E-state index contributed by atoms with van der Waals surface area (Å²) in [6.45, 7) is 0.0446. The molecule has 1 heterocycles. The van der Waals surface area contributed by atoms with E-state index in [0.717, 1.165) is 0 Å². The van der Waals surface area contributed by atoms with E-state index in [1.165, 1.54) is 21.3 Å². The first-order chi connectivity index (χ1) is 14.4. The molecule has 0 saturated heterocycles. The number of hydrogen-bond acceptors (Lipinski definition) is 7. The second kappa shape index (κ2) is 8.64. The molecule has 0 saturated carbocycles. The fraction of sp³-hybridized carbons (Fsp3) is 0.238. The second-order valence-corrected chi connectivity index (χ2v) is 6.21. The fourth-order valence-electron chi connectivity index (χ4n) is 3.21. The van der Waals surface area contributed by atoms with Crippen LogP contribution in [0.2, 0.25) is 0 Å².